The average molecular weight is 132 g/mol. The van der Waals surface area contributed by atoms with E-state index in [4.69, 9.17) is 15.0 Å². The van der Waals surface area contributed by atoms with Crippen LogP contribution in [-0.2, 0) is 0 Å². The van der Waals surface area contributed by atoms with Crippen LogP contribution in [-0.4, -0.2) is 29.2 Å². The Balaban J connectivity index is -0.00000000450. The average Bonchev–Trinajstić information content (AvgIpc) is 0.811. The Kier molecular flexibility index (Phi) is 51.6. The maximum atomic E-state index is 8.33. The Morgan fingerprint density at radius 3 is 1.29 bits per heavy atom. The smallest absolute Gasteiger partial charge is 1.00 e. The first-order valence-electron chi connectivity index (χ1n) is 0.612. The molecule has 28 valence electrons. The number of hydrogen-bond donors (Lipinski definition) is 0. The third-order valence-electron chi connectivity index (χ3n) is 0. The molecule has 0 aromatic heterocycles. The van der Waals surface area contributed by atoms with Crippen LogP contribution in [0, 0.1) is 0 Å². The Morgan fingerprint density at radius 1 is 1.29 bits per heavy atom. The first-order valence-corrected chi connectivity index (χ1v) is 0.612. The van der Waals surface area contributed by atoms with Crippen molar-refractivity contribution in [2.24, 2.45) is 0 Å². The molecule has 0 aliphatic rings. The number of rotatable bonds is 0. The molecule has 0 bridgehead atoms. The van der Waals surface area contributed by atoms with Gasteiger partial charge in [0.2, 0.25) is 0 Å². The molecule has 3 nitrogen and oxygen atoms in total. The monoisotopic (exact) mass is 132 g/mol. The second-order valence-electron chi connectivity index (χ2n) is 0.250. The molecule has 0 spiro atoms. The topological polar surface area (TPSA) is 63.2 Å². The van der Waals surface area contributed by atoms with Gasteiger partial charge in [0, 0.05) is 0 Å². The van der Waals surface area contributed by atoms with Crippen molar-refractivity contribution in [1.29, 1.82) is 0 Å². The quantitative estimate of drug-likeness (QED) is 0.308. The van der Waals surface area contributed by atoms with Crippen LogP contribution < -0.4 is 69.3 Å². The van der Waals surface area contributed by atoms with Crippen LogP contribution in [0.2, 0.25) is 0 Å². The molecule has 0 saturated carbocycles. The van der Waals surface area contributed by atoms with Crippen molar-refractivity contribution in [2.75, 3.05) is 0 Å². The fraction of sp³-hybridized carbons (Fsp3) is 0. The molecule has 0 fully saturated rings. The Hall–Kier alpha value is 2.04. The summed E-state index contributed by atoms with van der Waals surface area (Å²) in [7, 11) is 0. The van der Waals surface area contributed by atoms with E-state index in [2.05, 4.69) is 0 Å². The van der Waals surface area contributed by atoms with Gasteiger partial charge < -0.3 is 17.9 Å². The Morgan fingerprint density at radius 2 is 1.29 bits per heavy atom. The molecule has 7 heavy (non-hydrogen) atoms. The summed E-state index contributed by atoms with van der Waals surface area (Å²) >= 11 is 0. The predicted molar refractivity (Wildman–Crippen MR) is 13.4 cm³/mol. The molecule has 6 heteroatoms. The standard InChI is InChI=1S/CH2O3.Mg.2Na.2H/c2-1(3)4;;;;;/h(H2,2,3,4);;;;;/q;+2;2*+1;2*-1/p-2. The van der Waals surface area contributed by atoms with Crippen molar-refractivity contribution in [2.45, 2.75) is 0 Å². The molecule has 0 saturated heterocycles. The van der Waals surface area contributed by atoms with Crippen LogP contribution in [0.4, 0.5) is 4.79 Å². The largest absolute Gasteiger partial charge is 2.00 e. The summed E-state index contributed by atoms with van der Waals surface area (Å²) in [5.41, 5.74) is 0. The summed E-state index contributed by atoms with van der Waals surface area (Å²) in [4.78, 5) is 8.33. The third-order valence-corrected chi connectivity index (χ3v) is 0. The molecule has 0 unspecified atom stereocenters. The van der Waals surface area contributed by atoms with Gasteiger partial charge in [-0.1, -0.05) is 0 Å². The second-order valence-corrected chi connectivity index (χ2v) is 0.250. The summed E-state index contributed by atoms with van der Waals surface area (Å²) in [6.07, 6.45) is -2.33. The number of carbonyl (C=O) groups is 1. The van der Waals surface area contributed by atoms with E-state index in [9.17, 15) is 0 Å². The van der Waals surface area contributed by atoms with Gasteiger partial charge in [-0.05, 0) is 6.16 Å². The van der Waals surface area contributed by atoms with Gasteiger partial charge in [0.15, 0.2) is 0 Å². The second kappa shape index (κ2) is 15.7. The maximum absolute atomic E-state index is 8.33. The first kappa shape index (κ1) is 23.0. The van der Waals surface area contributed by atoms with Gasteiger partial charge in [-0.3, -0.25) is 0 Å². The summed E-state index contributed by atoms with van der Waals surface area (Å²) in [6.45, 7) is 0. The van der Waals surface area contributed by atoms with E-state index in [1.807, 2.05) is 0 Å². The molecule has 0 rings (SSSR count). The molecular weight excluding hydrogens is 130 g/mol. The van der Waals surface area contributed by atoms with Crippen molar-refractivity contribution < 1.29 is 77.0 Å². The van der Waals surface area contributed by atoms with Crippen molar-refractivity contribution in [3.63, 3.8) is 0 Å². The molecule has 0 aliphatic carbocycles. The van der Waals surface area contributed by atoms with Crippen molar-refractivity contribution in [3.8, 4) is 0 Å². The molecule has 0 amide bonds. The summed E-state index contributed by atoms with van der Waals surface area (Å²) < 4.78 is 0. The van der Waals surface area contributed by atoms with Crippen LogP contribution in [0.1, 0.15) is 2.85 Å². The van der Waals surface area contributed by atoms with Crippen molar-refractivity contribution in [3.05, 3.63) is 0 Å². The predicted octanol–water partition coefficient (Wildman–Crippen LogP) is -8.59. The minimum atomic E-state index is -2.33. The molecule has 0 aromatic carbocycles. The first-order chi connectivity index (χ1) is 1.73. The zero-order valence-electron chi connectivity index (χ0n) is 6.43. The van der Waals surface area contributed by atoms with E-state index in [0.717, 1.165) is 0 Å². The van der Waals surface area contributed by atoms with Crippen LogP contribution in [0.15, 0.2) is 0 Å². The number of carboxylic acid groups (broad SMARTS) is 2. The molecule has 0 radical (unpaired) electrons. The van der Waals surface area contributed by atoms with Crippen molar-refractivity contribution >= 4 is 29.2 Å². The van der Waals surface area contributed by atoms with Gasteiger partial charge >= 0.3 is 82.2 Å². The number of carbonyl (C=O) groups excluding carboxylic acids is 1. The number of hydrogen-bond acceptors (Lipinski definition) is 3. The van der Waals surface area contributed by atoms with Crippen LogP contribution >= 0.6 is 0 Å². The zero-order valence-corrected chi connectivity index (χ0v) is 9.85. The Bertz CT molecular complexity index is 42.8. The van der Waals surface area contributed by atoms with Crippen LogP contribution in [0.5, 0.6) is 0 Å². The third kappa shape index (κ3) is 70.6. The summed E-state index contributed by atoms with van der Waals surface area (Å²) in [5.74, 6) is 0. The van der Waals surface area contributed by atoms with E-state index in [1.165, 1.54) is 0 Å². The minimum absolute atomic E-state index is 0. The van der Waals surface area contributed by atoms with E-state index in [1.54, 1.807) is 0 Å². The van der Waals surface area contributed by atoms with Gasteiger partial charge in [-0.15, -0.1) is 0 Å². The van der Waals surface area contributed by atoms with E-state index < -0.39 is 6.16 Å². The molecule has 0 heterocycles. The van der Waals surface area contributed by atoms with Gasteiger partial charge in [0.25, 0.3) is 0 Å². The van der Waals surface area contributed by atoms with Gasteiger partial charge in [0.05, 0.1) is 0 Å². The molecule has 0 aliphatic heterocycles. The van der Waals surface area contributed by atoms with E-state index in [0.29, 0.717) is 0 Å². The van der Waals surface area contributed by atoms with Crippen LogP contribution in [0.25, 0.3) is 0 Å². The SMILES string of the molecule is O=C([O-])[O-].[H-].[H-].[Mg+2].[Na+].[Na+]. The van der Waals surface area contributed by atoms with Crippen molar-refractivity contribution in [1.82, 2.24) is 0 Å². The van der Waals surface area contributed by atoms with Crippen LogP contribution in [0.3, 0.4) is 0 Å². The zero-order chi connectivity index (χ0) is 3.58. The molecule has 0 atom stereocenters. The van der Waals surface area contributed by atoms with E-state index in [-0.39, 0.29) is 85.0 Å². The fourth-order valence-corrected chi connectivity index (χ4v) is 0. The maximum Gasteiger partial charge on any atom is 2.00 e. The fourth-order valence-electron chi connectivity index (χ4n) is 0. The normalized spacial score (nSPS) is 3.43. The summed E-state index contributed by atoms with van der Waals surface area (Å²) in [5, 5.41) is 16.7. The van der Waals surface area contributed by atoms with Gasteiger partial charge in [-0.25, -0.2) is 0 Å². The Labute approximate surface area is 105 Å². The van der Waals surface area contributed by atoms with Gasteiger partial charge in [0.1, 0.15) is 0 Å². The van der Waals surface area contributed by atoms with E-state index >= 15 is 0 Å². The molecule has 0 N–H and O–H groups in total. The molecular formula is CH2MgNa2O3. The summed E-state index contributed by atoms with van der Waals surface area (Å²) in [6, 6.07) is 0. The van der Waals surface area contributed by atoms with Gasteiger partial charge in [-0.2, -0.15) is 0 Å². The molecule has 0 aromatic rings. The minimum Gasteiger partial charge on any atom is -1.00 e.